The molecule has 1 aliphatic heterocycles. The van der Waals surface area contributed by atoms with Crippen LogP contribution in [0, 0.1) is 16.0 Å². The summed E-state index contributed by atoms with van der Waals surface area (Å²) >= 11 is 0. The largest absolute Gasteiger partial charge is 0.456 e. The molecule has 0 unspecified atom stereocenters. The average Bonchev–Trinajstić information content (AvgIpc) is 2.96. The number of hydrogen-bond acceptors (Lipinski definition) is 6. The van der Waals surface area contributed by atoms with Gasteiger partial charge < -0.3 is 4.74 Å². The van der Waals surface area contributed by atoms with E-state index in [2.05, 4.69) is 0 Å². The molecule has 0 bridgehead atoms. The van der Waals surface area contributed by atoms with Crippen LogP contribution in [-0.4, -0.2) is 33.6 Å². The normalized spacial score (nSPS) is 15.1. The Labute approximate surface area is 173 Å². The van der Waals surface area contributed by atoms with E-state index in [0.717, 1.165) is 4.90 Å². The number of hydrogen-bond donors (Lipinski definition) is 0. The van der Waals surface area contributed by atoms with Gasteiger partial charge in [0.2, 0.25) is 0 Å². The van der Waals surface area contributed by atoms with Crippen molar-refractivity contribution < 1.29 is 24.0 Å². The van der Waals surface area contributed by atoms with Crippen LogP contribution in [0.15, 0.2) is 48.5 Å². The van der Waals surface area contributed by atoms with Crippen LogP contribution in [0.5, 0.6) is 0 Å². The topological polar surface area (TPSA) is 107 Å². The third-order valence-electron chi connectivity index (χ3n) is 4.95. The molecule has 2 aromatic carbocycles. The first-order valence-electron chi connectivity index (χ1n) is 9.62. The monoisotopic (exact) mass is 410 g/mol. The van der Waals surface area contributed by atoms with Crippen molar-refractivity contribution in [2.24, 2.45) is 5.92 Å². The van der Waals surface area contributed by atoms with Gasteiger partial charge in [-0.1, -0.05) is 38.1 Å². The van der Waals surface area contributed by atoms with E-state index in [1.165, 1.54) is 18.2 Å². The molecule has 0 saturated heterocycles. The standard InChI is InChI=1S/C22H22N2O6/c1-13(2)11-19(23-20(25)17-9-4-5-10-18(17)21(23)26)22(27)30-14(3)15-7-6-8-16(12-15)24(28)29/h4-10,12-14,19H,11H2,1-3H3/t14-,19+/m1/s1. The summed E-state index contributed by atoms with van der Waals surface area (Å²) in [6.45, 7) is 5.34. The molecule has 0 fully saturated rings. The molecule has 0 radical (unpaired) electrons. The number of nitro benzene ring substituents is 1. The maximum absolute atomic E-state index is 13.0. The molecule has 2 amide bonds. The molecular weight excluding hydrogens is 388 g/mol. The van der Waals surface area contributed by atoms with Crippen LogP contribution in [-0.2, 0) is 9.53 Å². The molecule has 8 nitrogen and oxygen atoms in total. The van der Waals surface area contributed by atoms with Gasteiger partial charge in [-0.15, -0.1) is 0 Å². The molecule has 2 atom stereocenters. The average molecular weight is 410 g/mol. The lowest BCUT2D eigenvalue weighted by Gasteiger charge is -2.27. The molecule has 156 valence electrons. The summed E-state index contributed by atoms with van der Waals surface area (Å²) in [7, 11) is 0. The lowest BCUT2D eigenvalue weighted by atomic mass is 10.0. The maximum Gasteiger partial charge on any atom is 0.329 e. The Bertz CT molecular complexity index is 981. The zero-order chi connectivity index (χ0) is 22.0. The van der Waals surface area contributed by atoms with Crippen molar-refractivity contribution in [3.05, 3.63) is 75.3 Å². The minimum absolute atomic E-state index is 0.0139. The Morgan fingerprint density at radius 2 is 1.63 bits per heavy atom. The van der Waals surface area contributed by atoms with Crippen molar-refractivity contribution in [3.8, 4) is 0 Å². The van der Waals surface area contributed by atoms with Gasteiger partial charge in [-0.25, -0.2) is 4.79 Å². The molecule has 2 aromatic rings. The van der Waals surface area contributed by atoms with Crippen LogP contribution in [0.1, 0.15) is 59.6 Å². The summed E-state index contributed by atoms with van der Waals surface area (Å²) in [6, 6.07) is 11.1. The summed E-state index contributed by atoms with van der Waals surface area (Å²) in [4.78, 5) is 50.1. The molecule has 3 rings (SSSR count). The molecule has 0 spiro atoms. The number of amides is 2. The van der Waals surface area contributed by atoms with E-state index in [-0.39, 0.29) is 29.2 Å². The number of non-ortho nitro benzene ring substituents is 1. The second-order valence-corrected chi connectivity index (χ2v) is 7.60. The second kappa shape index (κ2) is 8.44. The summed E-state index contributed by atoms with van der Waals surface area (Å²) in [6.07, 6.45) is -0.548. The molecular formula is C22H22N2O6. The fraction of sp³-hybridized carbons (Fsp3) is 0.318. The number of esters is 1. The smallest absolute Gasteiger partial charge is 0.329 e. The highest BCUT2D eigenvalue weighted by atomic mass is 16.6. The van der Waals surface area contributed by atoms with E-state index in [1.807, 2.05) is 13.8 Å². The van der Waals surface area contributed by atoms with Crippen molar-refractivity contribution in [1.29, 1.82) is 0 Å². The van der Waals surface area contributed by atoms with Crippen LogP contribution in [0.25, 0.3) is 0 Å². The number of carbonyl (C=O) groups excluding carboxylic acids is 3. The molecule has 0 aliphatic carbocycles. The van der Waals surface area contributed by atoms with Gasteiger partial charge in [-0.3, -0.25) is 24.6 Å². The molecule has 0 N–H and O–H groups in total. The summed E-state index contributed by atoms with van der Waals surface area (Å²) in [5.41, 5.74) is 0.851. The molecule has 0 saturated carbocycles. The first-order valence-corrected chi connectivity index (χ1v) is 9.62. The van der Waals surface area contributed by atoms with Crippen LogP contribution in [0.4, 0.5) is 5.69 Å². The molecule has 1 aliphatic rings. The third-order valence-corrected chi connectivity index (χ3v) is 4.95. The van der Waals surface area contributed by atoms with Crippen molar-refractivity contribution >= 4 is 23.5 Å². The second-order valence-electron chi connectivity index (χ2n) is 7.60. The Morgan fingerprint density at radius 3 is 2.17 bits per heavy atom. The van der Waals surface area contributed by atoms with E-state index in [1.54, 1.807) is 37.3 Å². The van der Waals surface area contributed by atoms with E-state index in [0.29, 0.717) is 5.56 Å². The van der Waals surface area contributed by atoms with Crippen molar-refractivity contribution in [1.82, 2.24) is 4.90 Å². The first-order chi connectivity index (χ1) is 14.2. The highest BCUT2D eigenvalue weighted by Crippen LogP contribution is 2.29. The van der Waals surface area contributed by atoms with Gasteiger partial charge in [0.15, 0.2) is 0 Å². The molecule has 1 heterocycles. The minimum atomic E-state index is -1.08. The van der Waals surface area contributed by atoms with Crippen molar-refractivity contribution in [3.63, 3.8) is 0 Å². The Hall–Kier alpha value is -3.55. The molecule has 0 aromatic heterocycles. The number of ether oxygens (including phenoxy) is 1. The fourth-order valence-electron chi connectivity index (χ4n) is 3.46. The minimum Gasteiger partial charge on any atom is -0.456 e. The molecule has 8 heteroatoms. The number of fused-ring (bicyclic) bond motifs is 1. The Kier molecular flexibility index (Phi) is 5.96. The van der Waals surface area contributed by atoms with Crippen LogP contribution < -0.4 is 0 Å². The summed E-state index contributed by atoms with van der Waals surface area (Å²) < 4.78 is 5.53. The fourth-order valence-corrected chi connectivity index (χ4v) is 3.46. The highest BCUT2D eigenvalue weighted by Gasteiger charge is 2.43. The number of carbonyl (C=O) groups is 3. The van der Waals surface area contributed by atoms with E-state index >= 15 is 0 Å². The van der Waals surface area contributed by atoms with Gasteiger partial charge in [0, 0.05) is 12.1 Å². The Balaban J connectivity index is 1.85. The zero-order valence-electron chi connectivity index (χ0n) is 16.9. The highest BCUT2D eigenvalue weighted by molar-refractivity contribution is 6.22. The van der Waals surface area contributed by atoms with Crippen molar-refractivity contribution in [2.75, 3.05) is 0 Å². The first kappa shape index (κ1) is 21.2. The quantitative estimate of drug-likeness (QED) is 0.296. The lowest BCUT2D eigenvalue weighted by Crippen LogP contribution is -2.46. The van der Waals surface area contributed by atoms with Crippen molar-refractivity contribution in [2.45, 2.75) is 39.3 Å². The number of benzene rings is 2. The predicted octanol–water partition coefficient (Wildman–Crippen LogP) is 3.91. The number of rotatable bonds is 7. The number of nitro groups is 1. The number of imide groups is 1. The zero-order valence-corrected chi connectivity index (χ0v) is 16.9. The van der Waals surface area contributed by atoms with Gasteiger partial charge in [0.25, 0.3) is 17.5 Å². The molecule has 30 heavy (non-hydrogen) atoms. The van der Waals surface area contributed by atoms with Gasteiger partial charge in [-0.2, -0.15) is 0 Å². The van der Waals surface area contributed by atoms with Gasteiger partial charge in [-0.05, 0) is 37.0 Å². The van der Waals surface area contributed by atoms with Crippen LogP contribution >= 0.6 is 0 Å². The predicted molar refractivity (Wildman–Crippen MR) is 108 cm³/mol. The summed E-state index contributed by atoms with van der Waals surface area (Å²) in [5.74, 6) is -1.76. The van der Waals surface area contributed by atoms with E-state index in [4.69, 9.17) is 4.74 Å². The van der Waals surface area contributed by atoms with Gasteiger partial charge >= 0.3 is 5.97 Å². The van der Waals surface area contributed by atoms with Crippen LogP contribution in [0.3, 0.4) is 0 Å². The maximum atomic E-state index is 13.0. The van der Waals surface area contributed by atoms with Gasteiger partial charge in [0.05, 0.1) is 16.1 Å². The SMILES string of the molecule is CC(C)C[C@@H](C(=O)O[C@H](C)c1cccc([N+](=O)[O-])c1)N1C(=O)c2ccccc2C1=O. The van der Waals surface area contributed by atoms with E-state index in [9.17, 15) is 24.5 Å². The Morgan fingerprint density at radius 1 is 1.03 bits per heavy atom. The van der Waals surface area contributed by atoms with Gasteiger partial charge in [0.1, 0.15) is 12.1 Å². The van der Waals surface area contributed by atoms with E-state index < -0.39 is 34.9 Å². The van der Waals surface area contributed by atoms with Crippen LogP contribution in [0.2, 0.25) is 0 Å². The lowest BCUT2D eigenvalue weighted by molar-refractivity contribution is -0.385. The number of nitrogens with zero attached hydrogens (tertiary/aromatic N) is 2. The third kappa shape index (κ3) is 4.07. The summed E-state index contributed by atoms with van der Waals surface area (Å²) in [5, 5.41) is 11.0.